The largest absolute Gasteiger partial charge is 0.497 e. The van der Waals surface area contributed by atoms with Crippen LogP contribution in [-0.4, -0.2) is 30.3 Å². The zero-order valence-electron chi connectivity index (χ0n) is 11.2. The van der Waals surface area contributed by atoms with E-state index in [0.717, 1.165) is 11.3 Å². The van der Waals surface area contributed by atoms with Crippen molar-refractivity contribution in [3.63, 3.8) is 0 Å². The van der Waals surface area contributed by atoms with Crippen LogP contribution in [0.2, 0.25) is 0 Å². The van der Waals surface area contributed by atoms with Crippen LogP contribution in [0.3, 0.4) is 0 Å². The van der Waals surface area contributed by atoms with Gasteiger partial charge in [-0.1, -0.05) is 0 Å². The maximum Gasteiger partial charge on any atom is 0.344 e. The lowest BCUT2D eigenvalue weighted by atomic mass is 10.2. The van der Waals surface area contributed by atoms with Crippen LogP contribution in [0.1, 0.15) is 25.3 Å². The Morgan fingerprint density at radius 2 is 2.26 bits per heavy atom. The molecule has 1 unspecified atom stereocenters. The maximum atomic E-state index is 10.8. The number of rotatable bonds is 7. The number of nitrogens with one attached hydrogen (secondary N) is 1. The van der Waals surface area contributed by atoms with Crippen molar-refractivity contribution in [2.75, 3.05) is 7.11 Å². The molecule has 5 nitrogen and oxygen atoms in total. The quantitative estimate of drug-likeness (QED) is 0.787. The molecule has 0 aliphatic heterocycles. The monoisotopic (exact) mass is 265 g/mol. The fraction of sp³-hybridized carbons (Fsp3) is 0.500. The van der Waals surface area contributed by atoms with E-state index in [1.54, 1.807) is 19.2 Å². The molecule has 0 heterocycles. The van der Waals surface area contributed by atoms with E-state index in [1.807, 2.05) is 6.07 Å². The summed E-state index contributed by atoms with van der Waals surface area (Å²) >= 11 is 0. The predicted molar refractivity (Wildman–Crippen MR) is 70.6 cm³/mol. The van der Waals surface area contributed by atoms with Crippen molar-refractivity contribution in [1.29, 1.82) is 0 Å². The summed E-state index contributed by atoms with van der Waals surface area (Å²) in [5.41, 5.74) is 0.916. The third kappa shape index (κ3) is 3.86. The minimum absolute atomic E-state index is 0.580. The number of ether oxygens (including phenoxy) is 2. The topological polar surface area (TPSA) is 67.8 Å². The van der Waals surface area contributed by atoms with Gasteiger partial charge in [-0.3, -0.25) is 0 Å². The van der Waals surface area contributed by atoms with Gasteiger partial charge in [-0.2, -0.15) is 0 Å². The number of benzene rings is 1. The first-order valence-electron chi connectivity index (χ1n) is 6.40. The Kier molecular flexibility index (Phi) is 4.27. The molecule has 1 atom stereocenters. The SMILES string of the molecule is COc1ccc(OC(C)C(=O)O)c(CNC2CC2)c1. The van der Waals surface area contributed by atoms with Crippen LogP contribution in [-0.2, 0) is 11.3 Å². The standard InChI is InChI=1S/C14H19NO4/c1-9(14(16)17)19-13-6-5-12(18-2)7-10(13)8-15-11-3-4-11/h5-7,9,11,15H,3-4,8H2,1-2H3,(H,16,17). The van der Waals surface area contributed by atoms with E-state index in [2.05, 4.69) is 5.32 Å². The number of hydrogen-bond donors (Lipinski definition) is 2. The van der Waals surface area contributed by atoms with Crippen molar-refractivity contribution >= 4 is 5.97 Å². The summed E-state index contributed by atoms with van der Waals surface area (Å²) in [5.74, 6) is 0.351. The van der Waals surface area contributed by atoms with Gasteiger partial charge in [-0.25, -0.2) is 4.79 Å². The van der Waals surface area contributed by atoms with Crippen molar-refractivity contribution in [3.05, 3.63) is 23.8 Å². The Balaban J connectivity index is 2.11. The first-order valence-corrected chi connectivity index (χ1v) is 6.40. The molecule has 0 bridgehead atoms. The van der Waals surface area contributed by atoms with E-state index in [0.29, 0.717) is 18.3 Å². The summed E-state index contributed by atoms with van der Waals surface area (Å²) < 4.78 is 10.6. The molecule has 2 rings (SSSR count). The third-order valence-corrected chi connectivity index (χ3v) is 3.08. The highest BCUT2D eigenvalue weighted by atomic mass is 16.5. The maximum absolute atomic E-state index is 10.8. The van der Waals surface area contributed by atoms with Gasteiger partial charge >= 0.3 is 5.97 Å². The van der Waals surface area contributed by atoms with Crippen LogP contribution in [0, 0.1) is 0 Å². The average molecular weight is 265 g/mol. The Morgan fingerprint density at radius 1 is 1.53 bits per heavy atom. The lowest BCUT2D eigenvalue weighted by molar-refractivity contribution is -0.144. The summed E-state index contributed by atoms with van der Waals surface area (Å²) in [5, 5.41) is 12.3. The van der Waals surface area contributed by atoms with E-state index in [4.69, 9.17) is 14.6 Å². The highest BCUT2D eigenvalue weighted by Crippen LogP contribution is 2.27. The molecular weight excluding hydrogens is 246 g/mol. The van der Waals surface area contributed by atoms with Crippen LogP contribution in [0.5, 0.6) is 11.5 Å². The van der Waals surface area contributed by atoms with Gasteiger partial charge in [0.05, 0.1) is 7.11 Å². The van der Waals surface area contributed by atoms with Gasteiger partial charge in [0.2, 0.25) is 0 Å². The van der Waals surface area contributed by atoms with E-state index in [1.165, 1.54) is 19.8 Å². The summed E-state index contributed by atoms with van der Waals surface area (Å²) in [4.78, 5) is 10.8. The molecule has 1 aliphatic rings. The average Bonchev–Trinajstić information content (AvgIpc) is 3.21. The lowest BCUT2D eigenvalue weighted by Crippen LogP contribution is -2.24. The highest BCUT2D eigenvalue weighted by molar-refractivity contribution is 5.72. The second kappa shape index (κ2) is 5.93. The van der Waals surface area contributed by atoms with Crippen molar-refractivity contribution < 1.29 is 19.4 Å². The van der Waals surface area contributed by atoms with Crippen molar-refractivity contribution in [1.82, 2.24) is 5.32 Å². The van der Waals surface area contributed by atoms with Crippen LogP contribution in [0.4, 0.5) is 0 Å². The van der Waals surface area contributed by atoms with Crippen molar-refractivity contribution in [2.45, 2.75) is 38.5 Å². The molecule has 1 aromatic rings. The molecule has 0 radical (unpaired) electrons. The number of carboxylic acid groups (broad SMARTS) is 1. The first-order chi connectivity index (χ1) is 9.10. The molecule has 1 aromatic carbocycles. The normalized spacial score (nSPS) is 15.9. The second-order valence-electron chi connectivity index (χ2n) is 4.73. The van der Waals surface area contributed by atoms with Gasteiger partial charge in [0.25, 0.3) is 0 Å². The first kappa shape index (κ1) is 13.7. The number of aliphatic carboxylic acids is 1. The molecule has 0 spiro atoms. The van der Waals surface area contributed by atoms with E-state index < -0.39 is 12.1 Å². The minimum Gasteiger partial charge on any atom is -0.497 e. The van der Waals surface area contributed by atoms with E-state index in [-0.39, 0.29) is 0 Å². The Bertz CT molecular complexity index is 457. The predicted octanol–water partition coefficient (Wildman–Crippen LogP) is 1.80. The fourth-order valence-corrected chi connectivity index (χ4v) is 1.72. The third-order valence-electron chi connectivity index (χ3n) is 3.08. The molecule has 0 saturated heterocycles. The summed E-state index contributed by atoms with van der Waals surface area (Å²) in [7, 11) is 1.60. The number of carbonyl (C=O) groups is 1. The minimum atomic E-state index is -0.975. The molecule has 104 valence electrons. The summed E-state index contributed by atoms with van der Waals surface area (Å²) in [6.07, 6.45) is 1.53. The van der Waals surface area contributed by atoms with Crippen molar-refractivity contribution in [2.24, 2.45) is 0 Å². The van der Waals surface area contributed by atoms with Gasteiger partial charge in [0, 0.05) is 18.2 Å². The molecule has 2 N–H and O–H groups in total. The highest BCUT2D eigenvalue weighted by Gasteiger charge is 2.21. The molecule has 1 fully saturated rings. The van der Waals surface area contributed by atoms with Gasteiger partial charge in [-0.15, -0.1) is 0 Å². The Labute approximate surface area is 112 Å². The van der Waals surface area contributed by atoms with Gasteiger partial charge in [0.1, 0.15) is 11.5 Å². The van der Waals surface area contributed by atoms with Crippen molar-refractivity contribution in [3.8, 4) is 11.5 Å². The van der Waals surface area contributed by atoms with Gasteiger partial charge in [-0.05, 0) is 38.0 Å². The zero-order chi connectivity index (χ0) is 13.8. The zero-order valence-corrected chi connectivity index (χ0v) is 11.2. The van der Waals surface area contributed by atoms with Gasteiger partial charge < -0.3 is 19.9 Å². The molecule has 0 aromatic heterocycles. The Hall–Kier alpha value is -1.75. The smallest absolute Gasteiger partial charge is 0.344 e. The molecule has 1 aliphatic carbocycles. The van der Waals surface area contributed by atoms with Crippen LogP contribution < -0.4 is 14.8 Å². The molecule has 0 amide bonds. The van der Waals surface area contributed by atoms with Crippen LogP contribution in [0.15, 0.2) is 18.2 Å². The van der Waals surface area contributed by atoms with Gasteiger partial charge in [0.15, 0.2) is 6.10 Å². The van der Waals surface area contributed by atoms with Crippen LogP contribution >= 0.6 is 0 Å². The number of methoxy groups -OCH3 is 1. The molecule has 1 saturated carbocycles. The molecule has 19 heavy (non-hydrogen) atoms. The van der Waals surface area contributed by atoms with Crippen LogP contribution in [0.25, 0.3) is 0 Å². The molecular formula is C14H19NO4. The van der Waals surface area contributed by atoms with E-state index in [9.17, 15) is 4.79 Å². The number of hydrogen-bond acceptors (Lipinski definition) is 4. The second-order valence-corrected chi connectivity index (χ2v) is 4.73. The Morgan fingerprint density at radius 3 is 2.84 bits per heavy atom. The number of carboxylic acids is 1. The summed E-state index contributed by atoms with van der Waals surface area (Å²) in [6.45, 7) is 2.17. The van der Waals surface area contributed by atoms with E-state index >= 15 is 0 Å². The molecule has 5 heteroatoms. The lowest BCUT2D eigenvalue weighted by Gasteiger charge is -2.16. The fourth-order valence-electron chi connectivity index (χ4n) is 1.72. The summed E-state index contributed by atoms with van der Waals surface area (Å²) in [6, 6.07) is 5.97.